The monoisotopic (exact) mass is 274 g/mol. The van der Waals surface area contributed by atoms with Crippen molar-refractivity contribution in [3.63, 3.8) is 0 Å². The summed E-state index contributed by atoms with van der Waals surface area (Å²) in [4.78, 5) is 7.82. The van der Waals surface area contributed by atoms with Gasteiger partial charge in [0, 0.05) is 17.7 Å². The minimum Gasteiger partial charge on any atom is -0.497 e. The molecule has 1 heterocycles. The van der Waals surface area contributed by atoms with Crippen molar-refractivity contribution in [2.45, 2.75) is 26.7 Å². The van der Waals surface area contributed by atoms with E-state index >= 15 is 0 Å². The number of hydrogen-bond acceptors (Lipinski definition) is 3. The summed E-state index contributed by atoms with van der Waals surface area (Å²) in [7, 11) is 1.67. The van der Waals surface area contributed by atoms with Gasteiger partial charge in [-0.15, -0.1) is 0 Å². The van der Waals surface area contributed by atoms with Gasteiger partial charge in [-0.2, -0.15) is 0 Å². The van der Waals surface area contributed by atoms with Gasteiger partial charge in [-0.05, 0) is 31.0 Å². The first kappa shape index (κ1) is 13.7. The van der Waals surface area contributed by atoms with Crippen LogP contribution in [0.5, 0.6) is 5.75 Å². The number of aromatic nitrogens is 2. The molecule has 0 saturated heterocycles. The van der Waals surface area contributed by atoms with Gasteiger partial charge in [0.15, 0.2) is 0 Å². The van der Waals surface area contributed by atoms with Crippen LogP contribution in [-0.4, -0.2) is 17.1 Å². The lowest BCUT2D eigenvalue weighted by Crippen LogP contribution is -2.03. The zero-order chi connectivity index (χ0) is 13.8. The van der Waals surface area contributed by atoms with Crippen LogP contribution in [0.15, 0.2) is 24.3 Å². The summed E-state index contributed by atoms with van der Waals surface area (Å²) in [6.45, 7) is 4.13. The molecule has 0 amide bonds. The number of nitrogens with zero attached hydrogens (tertiary/aromatic N) is 1. The molecule has 1 N–H and O–H groups in total. The molecule has 0 aliphatic carbocycles. The lowest BCUT2D eigenvalue weighted by atomic mass is 10.1. The highest BCUT2D eigenvalue weighted by atomic mass is 32.1. The normalized spacial score (nSPS) is 10.5. The van der Waals surface area contributed by atoms with Gasteiger partial charge in [-0.25, -0.2) is 4.98 Å². The van der Waals surface area contributed by atoms with E-state index in [9.17, 15) is 0 Å². The highest BCUT2D eigenvalue weighted by Crippen LogP contribution is 2.14. The highest BCUT2D eigenvalue weighted by Gasteiger charge is 2.04. The van der Waals surface area contributed by atoms with Crippen LogP contribution in [0.25, 0.3) is 0 Å². The number of H-pyrrole nitrogens is 1. The molecule has 0 aliphatic heterocycles. The maximum absolute atomic E-state index is 5.30. The fraction of sp³-hybridized carbons (Fsp3) is 0.333. The average molecular weight is 274 g/mol. The third kappa shape index (κ3) is 3.20. The van der Waals surface area contributed by atoms with E-state index in [-0.39, 0.29) is 0 Å². The molecule has 0 fully saturated rings. The lowest BCUT2D eigenvalue weighted by Gasteiger charge is -2.08. The molecular formula is C15H18N2OS. The Morgan fingerprint density at radius 3 is 2.53 bits per heavy atom. The van der Waals surface area contributed by atoms with Gasteiger partial charge in [-0.3, -0.25) is 0 Å². The Balaban J connectivity index is 2.27. The molecule has 1 aromatic heterocycles. The number of aromatic amines is 1. The van der Waals surface area contributed by atoms with Crippen LogP contribution in [0.1, 0.15) is 29.6 Å². The fourth-order valence-corrected chi connectivity index (χ4v) is 2.24. The van der Waals surface area contributed by atoms with E-state index in [0.717, 1.165) is 30.0 Å². The minimum atomic E-state index is 0.694. The summed E-state index contributed by atoms with van der Waals surface area (Å²) in [6.07, 6.45) is 1.69. The molecule has 0 unspecified atom stereocenters. The average Bonchev–Trinajstić information content (AvgIpc) is 2.43. The molecule has 2 rings (SSSR count). The summed E-state index contributed by atoms with van der Waals surface area (Å²) in [5, 5.41) is 0. The third-order valence-corrected chi connectivity index (χ3v) is 3.59. The van der Waals surface area contributed by atoms with Gasteiger partial charge in [0.2, 0.25) is 0 Å². The van der Waals surface area contributed by atoms with E-state index in [0.29, 0.717) is 4.64 Å². The van der Waals surface area contributed by atoms with Crippen molar-refractivity contribution >= 4 is 12.2 Å². The number of nitrogens with one attached hydrogen (secondary N) is 1. The zero-order valence-corrected chi connectivity index (χ0v) is 12.3. The number of methoxy groups -OCH3 is 1. The predicted octanol–water partition coefficient (Wildman–Crippen LogP) is 3.61. The fourth-order valence-electron chi connectivity index (χ4n) is 2.01. The van der Waals surface area contributed by atoms with Gasteiger partial charge < -0.3 is 9.72 Å². The van der Waals surface area contributed by atoms with Crippen molar-refractivity contribution < 1.29 is 4.74 Å². The standard InChI is InChI=1S/C15H18N2OS/c1-4-13-10(2)15(19)17-14(16-13)9-11-5-7-12(18-3)8-6-11/h5-8H,4,9H2,1-3H3,(H,16,17,19). The van der Waals surface area contributed by atoms with Gasteiger partial charge in [0.25, 0.3) is 0 Å². The Kier molecular flexibility index (Phi) is 4.32. The molecule has 19 heavy (non-hydrogen) atoms. The molecule has 0 atom stereocenters. The van der Waals surface area contributed by atoms with Crippen molar-refractivity contribution in [1.29, 1.82) is 0 Å². The van der Waals surface area contributed by atoms with Crippen LogP contribution in [-0.2, 0) is 12.8 Å². The van der Waals surface area contributed by atoms with Crippen molar-refractivity contribution in [2.75, 3.05) is 7.11 Å². The van der Waals surface area contributed by atoms with Crippen molar-refractivity contribution in [3.8, 4) is 5.75 Å². The Morgan fingerprint density at radius 1 is 1.26 bits per heavy atom. The number of hydrogen-bond donors (Lipinski definition) is 1. The number of rotatable bonds is 4. The van der Waals surface area contributed by atoms with E-state index in [2.05, 4.69) is 16.9 Å². The van der Waals surface area contributed by atoms with Crippen LogP contribution in [0.3, 0.4) is 0 Å². The second-order valence-electron chi connectivity index (χ2n) is 4.47. The summed E-state index contributed by atoms with van der Waals surface area (Å²) < 4.78 is 5.84. The van der Waals surface area contributed by atoms with E-state index in [1.54, 1.807) is 7.11 Å². The van der Waals surface area contributed by atoms with Crippen LogP contribution >= 0.6 is 12.2 Å². The third-order valence-electron chi connectivity index (χ3n) is 3.19. The first-order valence-corrected chi connectivity index (χ1v) is 6.76. The van der Waals surface area contributed by atoms with Crippen LogP contribution < -0.4 is 4.74 Å². The molecule has 100 valence electrons. The van der Waals surface area contributed by atoms with Gasteiger partial charge in [-0.1, -0.05) is 31.3 Å². The van der Waals surface area contributed by atoms with Crippen LogP contribution in [0.4, 0.5) is 0 Å². The summed E-state index contributed by atoms with van der Waals surface area (Å²) in [5.41, 5.74) is 3.43. The molecule has 1 aromatic carbocycles. The first-order chi connectivity index (χ1) is 9.13. The largest absolute Gasteiger partial charge is 0.497 e. The molecule has 0 aliphatic rings. The first-order valence-electron chi connectivity index (χ1n) is 6.35. The molecule has 0 saturated carbocycles. The van der Waals surface area contributed by atoms with E-state index in [1.165, 1.54) is 11.3 Å². The predicted molar refractivity (Wildman–Crippen MR) is 79.3 cm³/mol. The molecule has 0 spiro atoms. The molecule has 0 radical (unpaired) electrons. The summed E-state index contributed by atoms with van der Waals surface area (Å²) >= 11 is 5.30. The van der Waals surface area contributed by atoms with E-state index < -0.39 is 0 Å². The van der Waals surface area contributed by atoms with Crippen LogP contribution in [0, 0.1) is 11.6 Å². The minimum absolute atomic E-state index is 0.694. The maximum Gasteiger partial charge on any atom is 0.132 e. The van der Waals surface area contributed by atoms with Crippen molar-refractivity contribution in [1.82, 2.24) is 9.97 Å². The van der Waals surface area contributed by atoms with Crippen molar-refractivity contribution in [3.05, 3.63) is 51.6 Å². The molecule has 0 bridgehead atoms. The van der Waals surface area contributed by atoms with Crippen LogP contribution in [0.2, 0.25) is 0 Å². The zero-order valence-electron chi connectivity index (χ0n) is 11.5. The second-order valence-corrected chi connectivity index (χ2v) is 4.86. The molecule has 3 nitrogen and oxygen atoms in total. The van der Waals surface area contributed by atoms with Crippen molar-refractivity contribution in [2.24, 2.45) is 0 Å². The smallest absolute Gasteiger partial charge is 0.132 e. The van der Waals surface area contributed by atoms with Gasteiger partial charge >= 0.3 is 0 Å². The Hall–Kier alpha value is -1.68. The van der Waals surface area contributed by atoms with E-state index in [4.69, 9.17) is 17.0 Å². The Bertz CT molecular complexity index is 617. The second kappa shape index (κ2) is 5.97. The summed E-state index contributed by atoms with van der Waals surface area (Å²) in [6, 6.07) is 8.00. The SMILES string of the molecule is CCc1[nH]c(Cc2ccc(OC)cc2)nc(=S)c1C. The number of ether oxygens (including phenoxy) is 1. The quantitative estimate of drug-likeness (QED) is 0.865. The Morgan fingerprint density at radius 2 is 1.95 bits per heavy atom. The molecule has 4 heteroatoms. The number of aryl methyl sites for hydroxylation is 1. The van der Waals surface area contributed by atoms with Gasteiger partial charge in [0.1, 0.15) is 16.2 Å². The van der Waals surface area contributed by atoms with Gasteiger partial charge in [0.05, 0.1) is 7.11 Å². The lowest BCUT2D eigenvalue weighted by molar-refractivity contribution is 0.414. The molecule has 2 aromatic rings. The summed E-state index contributed by atoms with van der Waals surface area (Å²) in [5.74, 6) is 1.78. The topological polar surface area (TPSA) is 37.9 Å². The number of benzene rings is 1. The van der Waals surface area contributed by atoms with E-state index in [1.807, 2.05) is 31.2 Å². The Labute approximate surface area is 118 Å². The molecular weight excluding hydrogens is 256 g/mol. The highest BCUT2D eigenvalue weighted by molar-refractivity contribution is 7.71. The maximum atomic E-state index is 5.30.